The van der Waals surface area contributed by atoms with Crippen molar-refractivity contribution in [3.63, 3.8) is 0 Å². The van der Waals surface area contributed by atoms with E-state index in [2.05, 4.69) is 15.3 Å². The van der Waals surface area contributed by atoms with Gasteiger partial charge in [0.2, 0.25) is 0 Å². The van der Waals surface area contributed by atoms with Crippen LogP contribution in [-0.4, -0.2) is 21.8 Å². The van der Waals surface area contributed by atoms with Gasteiger partial charge in [-0.25, -0.2) is 4.98 Å². The fourth-order valence-electron chi connectivity index (χ4n) is 1.53. The predicted molar refractivity (Wildman–Crippen MR) is 80.0 cm³/mol. The fourth-order valence-corrected chi connectivity index (χ4v) is 2.17. The summed E-state index contributed by atoms with van der Waals surface area (Å²) in [6, 6.07) is 3.27. The lowest BCUT2D eigenvalue weighted by Crippen LogP contribution is -2.31. The topological polar surface area (TPSA) is 72.0 Å². The average Bonchev–Trinajstić information content (AvgIpc) is 2.43. The first-order valence-corrected chi connectivity index (χ1v) is 6.81. The number of imide groups is 1. The van der Waals surface area contributed by atoms with Crippen LogP contribution in [0.2, 0.25) is 15.2 Å². The van der Waals surface area contributed by atoms with E-state index in [1.807, 2.05) is 0 Å². The second-order valence-electron chi connectivity index (χ2n) is 4.09. The van der Waals surface area contributed by atoms with E-state index in [0.717, 1.165) is 5.56 Å². The van der Waals surface area contributed by atoms with Gasteiger partial charge in [0.05, 0.1) is 15.6 Å². The van der Waals surface area contributed by atoms with Crippen molar-refractivity contribution >= 4 is 46.6 Å². The van der Waals surface area contributed by atoms with Gasteiger partial charge in [0.1, 0.15) is 10.8 Å². The molecule has 0 aliphatic rings. The maximum absolute atomic E-state index is 12.1. The highest BCUT2D eigenvalue weighted by atomic mass is 35.5. The number of nitrogens with zero attached hydrogens (tertiary/aromatic N) is 2. The first-order valence-electron chi connectivity index (χ1n) is 5.68. The summed E-state index contributed by atoms with van der Waals surface area (Å²) in [5.74, 6) is -1.47. The second kappa shape index (κ2) is 6.39. The molecular weight excluding hydrogens is 337 g/mol. The summed E-state index contributed by atoms with van der Waals surface area (Å²) in [6.07, 6.45) is 2.68. The number of amides is 2. The van der Waals surface area contributed by atoms with Crippen molar-refractivity contribution in [1.29, 1.82) is 0 Å². The van der Waals surface area contributed by atoms with Crippen LogP contribution in [0.3, 0.4) is 0 Å². The predicted octanol–water partition coefficient (Wildman–Crippen LogP) is 3.32. The van der Waals surface area contributed by atoms with E-state index in [9.17, 15) is 9.59 Å². The van der Waals surface area contributed by atoms with Crippen LogP contribution in [-0.2, 0) is 0 Å². The van der Waals surface area contributed by atoms with Gasteiger partial charge in [-0.05, 0) is 24.6 Å². The minimum Gasteiger partial charge on any atom is -0.287 e. The van der Waals surface area contributed by atoms with Crippen molar-refractivity contribution < 1.29 is 9.59 Å². The first-order chi connectivity index (χ1) is 9.90. The Morgan fingerprint density at radius 2 is 1.86 bits per heavy atom. The van der Waals surface area contributed by atoms with Gasteiger partial charge in [-0.2, -0.15) is 0 Å². The van der Waals surface area contributed by atoms with Crippen LogP contribution in [0.1, 0.15) is 26.4 Å². The van der Waals surface area contributed by atoms with Gasteiger partial charge >= 0.3 is 0 Å². The summed E-state index contributed by atoms with van der Waals surface area (Å²) in [5, 5.41) is 1.99. The molecule has 0 fully saturated rings. The van der Waals surface area contributed by atoms with E-state index in [-0.39, 0.29) is 26.5 Å². The van der Waals surface area contributed by atoms with Crippen LogP contribution in [0, 0.1) is 6.92 Å². The minimum absolute atomic E-state index is 0.0624. The lowest BCUT2D eigenvalue weighted by atomic mass is 10.2. The molecule has 0 spiro atoms. The Balaban J connectivity index is 2.27. The molecule has 0 aromatic carbocycles. The summed E-state index contributed by atoms with van der Waals surface area (Å²) in [7, 11) is 0. The molecule has 0 saturated carbocycles. The molecule has 0 unspecified atom stereocenters. The second-order valence-corrected chi connectivity index (χ2v) is 5.23. The van der Waals surface area contributed by atoms with Crippen LogP contribution in [0.15, 0.2) is 24.5 Å². The number of rotatable bonds is 2. The quantitative estimate of drug-likeness (QED) is 0.670. The molecule has 1 N–H and O–H groups in total. The van der Waals surface area contributed by atoms with E-state index in [0.29, 0.717) is 0 Å². The summed E-state index contributed by atoms with van der Waals surface area (Å²) < 4.78 is 0. The lowest BCUT2D eigenvalue weighted by Gasteiger charge is -2.08. The van der Waals surface area contributed by atoms with Crippen LogP contribution in [0.25, 0.3) is 0 Å². The lowest BCUT2D eigenvalue weighted by molar-refractivity contribution is 0.0846. The summed E-state index contributed by atoms with van der Waals surface area (Å²) in [6.45, 7) is 1.80. The van der Waals surface area contributed by atoms with E-state index >= 15 is 0 Å². The molecule has 2 aromatic rings. The minimum atomic E-state index is -0.798. The van der Waals surface area contributed by atoms with Crippen LogP contribution >= 0.6 is 34.8 Å². The monoisotopic (exact) mass is 343 g/mol. The molecule has 0 aliphatic carbocycles. The van der Waals surface area contributed by atoms with Gasteiger partial charge in [-0.15, -0.1) is 0 Å². The van der Waals surface area contributed by atoms with Gasteiger partial charge in [0, 0.05) is 12.4 Å². The van der Waals surface area contributed by atoms with E-state index in [1.54, 1.807) is 19.1 Å². The fraction of sp³-hybridized carbons (Fsp3) is 0.0769. The number of aromatic nitrogens is 2. The molecule has 2 rings (SSSR count). The SMILES string of the molecule is Cc1ccnc(C(=O)NC(=O)c2c(Cl)ncc(Cl)c2Cl)c1. The smallest absolute Gasteiger partial charge is 0.276 e. The Labute approximate surface area is 135 Å². The molecule has 0 saturated heterocycles. The molecular formula is C13H8Cl3N3O2. The number of nitrogens with one attached hydrogen (secondary N) is 1. The molecule has 2 heterocycles. The van der Waals surface area contributed by atoms with Crippen molar-refractivity contribution in [3.8, 4) is 0 Å². The number of hydrogen-bond donors (Lipinski definition) is 1. The Kier molecular flexibility index (Phi) is 4.77. The van der Waals surface area contributed by atoms with Crippen molar-refractivity contribution in [2.24, 2.45) is 0 Å². The van der Waals surface area contributed by atoms with E-state index in [1.165, 1.54) is 12.4 Å². The van der Waals surface area contributed by atoms with Gasteiger partial charge in [0.15, 0.2) is 0 Å². The standard InChI is InChI=1S/C13H8Cl3N3O2/c1-6-2-3-17-8(4-6)12(20)19-13(21)9-10(15)7(14)5-18-11(9)16/h2-5H,1H3,(H,19,20,21). The zero-order valence-electron chi connectivity index (χ0n) is 10.7. The number of pyridine rings is 2. The maximum Gasteiger partial charge on any atom is 0.276 e. The molecule has 0 aliphatic heterocycles. The van der Waals surface area contributed by atoms with Gasteiger partial charge in [-0.3, -0.25) is 19.9 Å². The molecule has 2 aromatic heterocycles. The molecule has 0 bridgehead atoms. The summed E-state index contributed by atoms with van der Waals surface area (Å²) >= 11 is 17.5. The van der Waals surface area contributed by atoms with Crippen molar-refractivity contribution in [1.82, 2.24) is 15.3 Å². The molecule has 21 heavy (non-hydrogen) atoms. The third kappa shape index (κ3) is 3.50. The van der Waals surface area contributed by atoms with Gasteiger partial charge < -0.3 is 0 Å². The van der Waals surface area contributed by atoms with Crippen molar-refractivity contribution in [2.75, 3.05) is 0 Å². The Morgan fingerprint density at radius 3 is 2.52 bits per heavy atom. The molecule has 0 radical (unpaired) electrons. The normalized spacial score (nSPS) is 10.3. The molecule has 8 heteroatoms. The molecule has 2 amide bonds. The third-order valence-electron chi connectivity index (χ3n) is 2.53. The van der Waals surface area contributed by atoms with Crippen LogP contribution in [0.4, 0.5) is 0 Å². The van der Waals surface area contributed by atoms with E-state index in [4.69, 9.17) is 34.8 Å². The first kappa shape index (κ1) is 15.7. The third-order valence-corrected chi connectivity index (χ3v) is 3.59. The number of hydrogen-bond acceptors (Lipinski definition) is 4. The van der Waals surface area contributed by atoms with Gasteiger partial charge in [0.25, 0.3) is 11.8 Å². The number of carbonyl (C=O) groups excluding carboxylic acids is 2. The highest BCUT2D eigenvalue weighted by Gasteiger charge is 2.21. The summed E-state index contributed by atoms with van der Waals surface area (Å²) in [4.78, 5) is 31.6. The summed E-state index contributed by atoms with van der Waals surface area (Å²) in [5.41, 5.74) is 0.778. The molecule has 108 valence electrons. The maximum atomic E-state index is 12.1. The zero-order valence-corrected chi connectivity index (χ0v) is 12.9. The molecule has 5 nitrogen and oxygen atoms in total. The van der Waals surface area contributed by atoms with Crippen molar-refractivity contribution in [3.05, 3.63) is 56.5 Å². The Morgan fingerprint density at radius 1 is 1.14 bits per heavy atom. The highest BCUT2D eigenvalue weighted by Crippen LogP contribution is 2.29. The Hall–Kier alpha value is -1.69. The van der Waals surface area contributed by atoms with Crippen LogP contribution < -0.4 is 5.32 Å². The number of halogens is 3. The molecule has 0 atom stereocenters. The largest absolute Gasteiger partial charge is 0.287 e. The van der Waals surface area contributed by atoms with Gasteiger partial charge in [-0.1, -0.05) is 34.8 Å². The number of aryl methyl sites for hydroxylation is 1. The highest BCUT2D eigenvalue weighted by molar-refractivity contribution is 6.46. The van der Waals surface area contributed by atoms with Crippen LogP contribution in [0.5, 0.6) is 0 Å². The van der Waals surface area contributed by atoms with Crippen molar-refractivity contribution in [2.45, 2.75) is 6.92 Å². The zero-order chi connectivity index (χ0) is 15.6. The average molecular weight is 345 g/mol. The van der Waals surface area contributed by atoms with E-state index < -0.39 is 11.8 Å². The number of carbonyl (C=O) groups is 2. The Bertz CT molecular complexity index is 735.